The van der Waals surface area contributed by atoms with Gasteiger partial charge in [-0.3, -0.25) is 4.90 Å². The molecule has 0 aromatic heterocycles. The van der Waals surface area contributed by atoms with Gasteiger partial charge in [0.05, 0.1) is 13.2 Å². The second kappa shape index (κ2) is 7.98. The van der Waals surface area contributed by atoms with Crippen LogP contribution < -0.4 is 14.2 Å². The molecule has 0 spiro atoms. The van der Waals surface area contributed by atoms with Crippen LogP contribution in [0.1, 0.15) is 24.0 Å². The average molecular weight is 355 g/mol. The van der Waals surface area contributed by atoms with Crippen molar-refractivity contribution in [2.75, 3.05) is 27.1 Å². The Balaban J connectivity index is 1.53. The van der Waals surface area contributed by atoms with Crippen LogP contribution in [0.3, 0.4) is 0 Å². The van der Waals surface area contributed by atoms with E-state index in [4.69, 9.17) is 18.9 Å². The molecule has 0 saturated carbocycles. The molecule has 0 amide bonds. The minimum atomic E-state index is 0.249. The van der Waals surface area contributed by atoms with E-state index in [2.05, 4.69) is 41.3 Å². The van der Waals surface area contributed by atoms with Crippen LogP contribution in [0.5, 0.6) is 17.2 Å². The van der Waals surface area contributed by atoms with Gasteiger partial charge in [-0.15, -0.1) is 0 Å². The van der Waals surface area contributed by atoms with Gasteiger partial charge in [0.2, 0.25) is 12.5 Å². The minimum absolute atomic E-state index is 0.249. The maximum atomic E-state index is 5.87. The fourth-order valence-corrected chi connectivity index (χ4v) is 3.64. The second-order valence-electron chi connectivity index (χ2n) is 6.82. The molecule has 5 nitrogen and oxygen atoms in total. The van der Waals surface area contributed by atoms with E-state index in [0.29, 0.717) is 11.9 Å². The highest BCUT2D eigenvalue weighted by atomic mass is 16.7. The third-order valence-electron chi connectivity index (χ3n) is 4.86. The Morgan fingerprint density at radius 1 is 1.08 bits per heavy atom. The molecular weight excluding hydrogens is 330 g/mol. The Morgan fingerprint density at radius 2 is 1.92 bits per heavy atom. The zero-order chi connectivity index (χ0) is 17.8. The predicted octanol–water partition coefficient (Wildman–Crippen LogP) is 3.61. The van der Waals surface area contributed by atoms with Crippen LogP contribution >= 0.6 is 0 Å². The fraction of sp³-hybridized carbons (Fsp3) is 0.429. The first kappa shape index (κ1) is 17.2. The molecule has 2 aliphatic rings. The van der Waals surface area contributed by atoms with Crippen molar-refractivity contribution in [2.24, 2.45) is 0 Å². The first-order valence-corrected chi connectivity index (χ1v) is 9.16. The zero-order valence-electron chi connectivity index (χ0n) is 15.1. The maximum Gasteiger partial charge on any atom is 0.231 e. The summed E-state index contributed by atoms with van der Waals surface area (Å²) in [6.45, 7) is 3.74. The molecule has 2 heterocycles. The van der Waals surface area contributed by atoms with Crippen LogP contribution in [0, 0.1) is 0 Å². The third kappa shape index (κ3) is 3.94. The molecule has 2 aromatic rings. The summed E-state index contributed by atoms with van der Waals surface area (Å²) in [6, 6.07) is 14.7. The van der Waals surface area contributed by atoms with E-state index in [0.717, 1.165) is 56.1 Å². The second-order valence-corrected chi connectivity index (χ2v) is 6.82. The van der Waals surface area contributed by atoms with E-state index in [1.54, 1.807) is 7.11 Å². The Bertz CT molecular complexity index is 728. The van der Waals surface area contributed by atoms with Crippen LogP contribution in [0.25, 0.3) is 0 Å². The van der Waals surface area contributed by atoms with Gasteiger partial charge in [0.1, 0.15) is 0 Å². The Hall–Kier alpha value is -2.24. The number of fused-ring (bicyclic) bond motifs is 1. The summed E-state index contributed by atoms with van der Waals surface area (Å²) < 4.78 is 22.4. The van der Waals surface area contributed by atoms with Gasteiger partial charge < -0.3 is 18.9 Å². The van der Waals surface area contributed by atoms with Gasteiger partial charge in [-0.2, -0.15) is 0 Å². The van der Waals surface area contributed by atoms with Crippen molar-refractivity contribution in [1.29, 1.82) is 0 Å². The number of methoxy groups -OCH3 is 1. The SMILES string of the molecule is COc1cc(CN(Cc2ccccc2)CC2CCCO2)cc2c1OCO2. The van der Waals surface area contributed by atoms with E-state index in [1.807, 2.05) is 6.07 Å². The maximum absolute atomic E-state index is 5.87. The number of benzene rings is 2. The lowest BCUT2D eigenvalue weighted by atomic mass is 10.1. The largest absolute Gasteiger partial charge is 0.493 e. The topological polar surface area (TPSA) is 40.2 Å². The number of ether oxygens (including phenoxy) is 4. The highest BCUT2D eigenvalue weighted by Gasteiger charge is 2.23. The van der Waals surface area contributed by atoms with Crippen molar-refractivity contribution in [2.45, 2.75) is 32.0 Å². The lowest BCUT2D eigenvalue weighted by molar-refractivity contribution is 0.0679. The lowest BCUT2D eigenvalue weighted by Crippen LogP contribution is -2.31. The molecule has 5 heteroatoms. The molecule has 0 bridgehead atoms. The molecule has 138 valence electrons. The Labute approximate surface area is 154 Å². The van der Waals surface area contributed by atoms with Crippen molar-refractivity contribution >= 4 is 0 Å². The quantitative estimate of drug-likeness (QED) is 0.759. The summed E-state index contributed by atoms with van der Waals surface area (Å²) in [5.41, 5.74) is 2.46. The first-order chi connectivity index (χ1) is 12.8. The molecule has 4 rings (SSSR count). The van der Waals surface area contributed by atoms with Crippen molar-refractivity contribution in [1.82, 2.24) is 4.90 Å². The molecular formula is C21H25NO4. The molecule has 2 aliphatic heterocycles. The van der Waals surface area contributed by atoms with E-state index in [-0.39, 0.29) is 6.79 Å². The van der Waals surface area contributed by atoms with Crippen molar-refractivity contribution in [3.05, 3.63) is 53.6 Å². The normalized spacial score (nSPS) is 18.5. The number of nitrogens with zero attached hydrogens (tertiary/aromatic N) is 1. The van der Waals surface area contributed by atoms with Crippen LogP contribution in [-0.4, -0.2) is 38.1 Å². The molecule has 0 aliphatic carbocycles. The fourth-order valence-electron chi connectivity index (χ4n) is 3.64. The standard InChI is InChI=1S/C21H25NO4/c1-23-19-10-17(11-20-21(19)26-15-25-20)13-22(14-18-8-5-9-24-18)12-16-6-3-2-4-7-16/h2-4,6-7,10-11,18H,5,8-9,12-15H2,1H3. The molecule has 1 fully saturated rings. The number of hydrogen-bond acceptors (Lipinski definition) is 5. The van der Waals surface area contributed by atoms with Gasteiger partial charge in [0.25, 0.3) is 0 Å². The van der Waals surface area contributed by atoms with Gasteiger partial charge in [-0.05, 0) is 36.1 Å². The summed E-state index contributed by atoms with van der Waals surface area (Å²) in [4.78, 5) is 2.43. The Kier molecular flexibility index (Phi) is 5.27. The van der Waals surface area contributed by atoms with Crippen LogP contribution in [-0.2, 0) is 17.8 Å². The highest BCUT2D eigenvalue weighted by molar-refractivity contribution is 5.55. The van der Waals surface area contributed by atoms with E-state index >= 15 is 0 Å². The minimum Gasteiger partial charge on any atom is -0.493 e. The molecule has 0 radical (unpaired) electrons. The van der Waals surface area contributed by atoms with Crippen molar-refractivity contribution in [3.63, 3.8) is 0 Å². The van der Waals surface area contributed by atoms with E-state index in [9.17, 15) is 0 Å². The number of rotatable bonds is 7. The monoisotopic (exact) mass is 355 g/mol. The van der Waals surface area contributed by atoms with E-state index < -0.39 is 0 Å². The number of hydrogen-bond donors (Lipinski definition) is 0. The van der Waals surface area contributed by atoms with Gasteiger partial charge >= 0.3 is 0 Å². The van der Waals surface area contributed by atoms with Crippen LogP contribution in [0.2, 0.25) is 0 Å². The summed E-state index contributed by atoms with van der Waals surface area (Å²) in [5.74, 6) is 2.19. The highest BCUT2D eigenvalue weighted by Crippen LogP contribution is 2.42. The Morgan fingerprint density at radius 3 is 2.69 bits per heavy atom. The summed E-state index contributed by atoms with van der Waals surface area (Å²) in [7, 11) is 1.66. The molecule has 2 aromatic carbocycles. The molecule has 0 N–H and O–H groups in total. The summed E-state index contributed by atoms with van der Waals surface area (Å²) in [6.07, 6.45) is 2.60. The van der Waals surface area contributed by atoms with E-state index in [1.165, 1.54) is 5.56 Å². The first-order valence-electron chi connectivity index (χ1n) is 9.16. The van der Waals surface area contributed by atoms with Crippen LogP contribution in [0.4, 0.5) is 0 Å². The van der Waals surface area contributed by atoms with Crippen molar-refractivity contribution in [3.8, 4) is 17.2 Å². The molecule has 1 unspecified atom stereocenters. The van der Waals surface area contributed by atoms with Gasteiger partial charge in [0, 0.05) is 26.2 Å². The predicted molar refractivity (Wildman–Crippen MR) is 98.6 cm³/mol. The smallest absolute Gasteiger partial charge is 0.231 e. The van der Waals surface area contributed by atoms with Crippen molar-refractivity contribution < 1.29 is 18.9 Å². The summed E-state index contributed by atoms with van der Waals surface area (Å²) in [5, 5.41) is 0. The zero-order valence-corrected chi connectivity index (χ0v) is 15.1. The van der Waals surface area contributed by atoms with Gasteiger partial charge in [-0.25, -0.2) is 0 Å². The van der Waals surface area contributed by atoms with Gasteiger partial charge in [0.15, 0.2) is 11.5 Å². The average Bonchev–Trinajstić information content (AvgIpc) is 3.33. The molecule has 1 atom stereocenters. The molecule has 1 saturated heterocycles. The lowest BCUT2D eigenvalue weighted by Gasteiger charge is -2.25. The summed E-state index contributed by atoms with van der Waals surface area (Å²) >= 11 is 0. The third-order valence-corrected chi connectivity index (χ3v) is 4.86. The molecule has 26 heavy (non-hydrogen) atoms. The van der Waals surface area contributed by atoms with Gasteiger partial charge in [-0.1, -0.05) is 30.3 Å². The van der Waals surface area contributed by atoms with Crippen LogP contribution in [0.15, 0.2) is 42.5 Å².